The van der Waals surface area contributed by atoms with Crippen LogP contribution in [0.4, 0.5) is 0 Å². The number of carbonyl (C=O) groups excluding carboxylic acids is 2. The van der Waals surface area contributed by atoms with E-state index < -0.39 is 51.8 Å². The average Bonchev–Trinajstić information content (AvgIpc) is 3.14. The van der Waals surface area contributed by atoms with E-state index in [2.05, 4.69) is 79.1 Å². The number of allylic oxidation sites excluding steroid dienone is 10. The zero-order valence-corrected chi connectivity index (χ0v) is 33.9. The molecule has 0 radical (unpaired) electrons. The molecule has 53 heavy (non-hydrogen) atoms. The number of rotatable bonds is 37. The van der Waals surface area contributed by atoms with Crippen LogP contribution in [-0.4, -0.2) is 65.7 Å². The van der Waals surface area contributed by atoms with Crippen molar-refractivity contribution in [3.05, 3.63) is 60.8 Å². The van der Waals surface area contributed by atoms with Crippen LogP contribution in [-0.2, 0) is 32.7 Å². The minimum atomic E-state index is -4.63. The van der Waals surface area contributed by atoms with E-state index in [1.807, 2.05) is 0 Å². The third-order valence-corrected chi connectivity index (χ3v) is 9.11. The maximum Gasteiger partial charge on any atom is 0.472 e. The van der Waals surface area contributed by atoms with Gasteiger partial charge in [-0.3, -0.25) is 18.6 Å². The van der Waals surface area contributed by atoms with Crippen molar-refractivity contribution in [2.45, 2.75) is 167 Å². The van der Waals surface area contributed by atoms with Crippen LogP contribution in [0.1, 0.15) is 155 Å². The number of carbonyl (C=O) groups is 2. The summed E-state index contributed by atoms with van der Waals surface area (Å²) in [4.78, 5) is 34.9. The van der Waals surface area contributed by atoms with Gasteiger partial charge in [-0.15, -0.1) is 0 Å². The highest BCUT2D eigenvalue weighted by molar-refractivity contribution is 7.47. The van der Waals surface area contributed by atoms with Gasteiger partial charge in [-0.2, -0.15) is 0 Å². The molecule has 10 nitrogen and oxygen atoms in total. The molecular weight excluding hydrogens is 695 g/mol. The van der Waals surface area contributed by atoms with E-state index in [4.69, 9.17) is 19.1 Å². The van der Waals surface area contributed by atoms with E-state index in [-0.39, 0.29) is 19.4 Å². The number of ether oxygens (including phenoxy) is 2. The lowest BCUT2D eigenvalue weighted by Gasteiger charge is -2.20. The van der Waals surface area contributed by atoms with Gasteiger partial charge in [0.25, 0.3) is 0 Å². The van der Waals surface area contributed by atoms with Gasteiger partial charge in [0.2, 0.25) is 0 Å². The Morgan fingerprint density at radius 1 is 0.585 bits per heavy atom. The van der Waals surface area contributed by atoms with Crippen molar-refractivity contribution in [2.24, 2.45) is 0 Å². The maximum absolute atomic E-state index is 12.6. The summed E-state index contributed by atoms with van der Waals surface area (Å²) in [6.45, 7) is 2.18. The topological polar surface area (TPSA) is 149 Å². The van der Waals surface area contributed by atoms with Gasteiger partial charge >= 0.3 is 19.8 Å². The number of unbranched alkanes of at least 4 members (excludes halogenated alkanes) is 13. The molecule has 0 bridgehead atoms. The highest BCUT2D eigenvalue weighted by atomic mass is 31.2. The van der Waals surface area contributed by atoms with Gasteiger partial charge in [0, 0.05) is 12.8 Å². The van der Waals surface area contributed by atoms with Crippen LogP contribution >= 0.6 is 7.82 Å². The van der Waals surface area contributed by atoms with E-state index in [1.54, 1.807) is 0 Å². The summed E-state index contributed by atoms with van der Waals surface area (Å²) < 4.78 is 32.6. The number of aliphatic hydroxyl groups excluding tert-OH is 2. The fourth-order valence-corrected chi connectivity index (χ4v) is 5.83. The largest absolute Gasteiger partial charge is 0.472 e. The third kappa shape index (κ3) is 37.8. The minimum absolute atomic E-state index is 0.128. The molecule has 306 valence electrons. The van der Waals surface area contributed by atoms with Gasteiger partial charge in [-0.1, -0.05) is 126 Å². The van der Waals surface area contributed by atoms with Gasteiger partial charge in [-0.25, -0.2) is 4.57 Å². The van der Waals surface area contributed by atoms with Crippen molar-refractivity contribution in [3.63, 3.8) is 0 Å². The SMILES string of the molecule is CC/C=C\C/C=C\C/C=C\C/C=C\CCCCC(=O)OC(COC(=O)CCCCCCC/C=C\CCCCCCCC)COP(=O)(O)OCC(O)CO. The molecule has 0 aromatic heterocycles. The second kappa shape index (κ2) is 38.0. The Hall–Kier alpha value is -2.33. The molecule has 3 atom stereocenters. The lowest BCUT2D eigenvalue weighted by molar-refractivity contribution is -0.161. The van der Waals surface area contributed by atoms with Crippen LogP contribution < -0.4 is 0 Å². The molecule has 0 amide bonds. The maximum atomic E-state index is 12.6. The Balaban J connectivity index is 4.43. The Kier molecular flexibility index (Phi) is 36.3. The molecule has 0 saturated heterocycles. The number of hydrogen-bond donors (Lipinski definition) is 3. The molecule has 0 aliphatic carbocycles. The van der Waals surface area contributed by atoms with Crippen molar-refractivity contribution in [3.8, 4) is 0 Å². The average molecular weight is 769 g/mol. The molecule has 0 saturated carbocycles. The Bertz CT molecular complexity index is 1070. The molecule has 0 aromatic rings. The van der Waals surface area contributed by atoms with E-state index in [0.29, 0.717) is 12.8 Å². The van der Waals surface area contributed by atoms with Gasteiger partial charge in [-0.05, 0) is 77.0 Å². The normalized spacial score (nSPS) is 14.6. The van der Waals surface area contributed by atoms with Gasteiger partial charge in [0.05, 0.1) is 19.8 Å². The first-order valence-electron chi connectivity index (χ1n) is 20.2. The highest BCUT2D eigenvalue weighted by Gasteiger charge is 2.27. The van der Waals surface area contributed by atoms with Gasteiger partial charge in [0.15, 0.2) is 6.10 Å². The quantitative estimate of drug-likeness (QED) is 0.0241. The zero-order valence-electron chi connectivity index (χ0n) is 33.0. The van der Waals surface area contributed by atoms with Crippen LogP contribution in [0.15, 0.2) is 60.8 Å². The van der Waals surface area contributed by atoms with E-state index in [9.17, 15) is 24.2 Å². The first kappa shape index (κ1) is 50.7. The lowest BCUT2D eigenvalue weighted by atomic mass is 10.1. The first-order chi connectivity index (χ1) is 25.7. The molecule has 0 aliphatic rings. The highest BCUT2D eigenvalue weighted by Crippen LogP contribution is 2.43. The predicted octanol–water partition coefficient (Wildman–Crippen LogP) is 10.3. The molecule has 0 rings (SSSR count). The number of esters is 2. The molecule has 0 heterocycles. The summed E-state index contributed by atoms with van der Waals surface area (Å²) in [5.41, 5.74) is 0. The summed E-state index contributed by atoms with van der Waals surface area (Å²) in [5, 5.41) is 18.3. The van der Waals surface area contributed by atoms with Gasteiger partial charge < -0.3 is 24.6 Å². The van der Waals surface area contributed by atoms with Crippen LogP contribution in [0.5, 0.6) is 0 Å². The lowest BCUT2D eigenvalue weighted by Crippen LogP contribution is -2.29. The fourth-order valence-electron chi connectivity index (χ4n) is 5.04. The number of phosphoric acid groups is 1. The minimum Gasteiger partial charge on any atom is -0.462 e. The van der Waals surface area contributed by atoms with E-state index in [0.717, 1.165) is 77.0 Å². The fraction of sp³-hybridized carbons (Fsp3) is 0.714. The van der Waals surface area contributed by atoms with Crippen molar-refractivity contribution in [1.29, 1.82) is 0 Å². The molecule has 0 spiro atoms. The summed E-state index contributed by atoms with van der Waals surface area (Å²) in [6, 6.07) is 0. The first-order valence-corrected chi connectivity index (χ1v) is 21.7. The molecule has 11 heteroatoms. The third-order valence-electron chi connectivity index (χ3n) is 8.16. The summed E-state index contributed by atoms with van der Waals surface area (Å²) in [7, 11) is -4.63. The van der Waals surface area contributed by atoms with Gasteiger partial charge in [0.1, 0.15) is 12.7 Å². The summed E-state index contributed by atoms with van der Waals surface area (Å²) in [5.74, 6) is -0.988. The smallest absolute Gasteiger partial charge is 0.462 e. The van der Waals surface area contributed by atoms with E-state index >= 15 is 0 Å². The van der Waals surface area contributed by atoms with Crippen LogP contribution in [0.25, 0.3) is 0 Å². The zero-order chi connectivity index (χ0) is 39.1. The van der Waals surface area contributed by atoms with Crippen molar-refractivity contribution in [2.75, 3.05) is 26.4 Å². The molecule has 0 fully saturated rings. The standard InChI is InChI=1S/C42H73O10P/c1-3-5-7-9-11-13-15-17-19-21-23-25-27-29-31-33-41(45)49-37-40(38-51-53(47,48)50-36-39(44)35-43)52-42(46)34-32-30-28-26-24-22-20-18-16-14-12-10-8-6-4-2/h6,8,12,14,17-20,24,26,39-40,43-44H,3-5,7,9-11,13,15-16,21-23,25,27-38H2,1-2H3,(H,47,48)/b8-6-,14-12-,19-17-,20-18-,26-24-. The van der Waals surface area contributed by atoms with Crippen molar-refractivity contribution in [1.82, 2.24) is 0 Å². The number of hydrogen-bond acceptors (Lipinski definition) is 9. The second-order valence-corrected chi connectivity index (χ2v) is 14.7. The second-order valence-electron chi connectivity index (χ2n) is 13.3. The Morgan fingerprint density at radius 2 is 1.04 bits per heavy atom. The Morgan fingerprint density at radius 3 is 1.62 bits per heavy atom. The Labute approximate surface area is 321 Å². The number of phosphoric ester groups is 1. The van der Waals surface area contributed by atoms with E-state index in [1.165, 1.54) is 38.5 Å². The summed E-state index contributed by atoms with van der Waals surface area (Å²) in [6.07, 6.45) is 40.5. The molecule has 0 aliphatic heterocycles. The molecular formula is C42H73O10P. The monoisotopic (exact) mass is 768 g/mol. The van der Waals surface area contributed by atoms with Crippen LogP contribution in [0, 0.1) is 0 Å². The molecule has 3 N–H and O–H groups in total. The predicted molar refractivity (Wildman–Crippen MR) is 214 cm³/mol. The summed E-state index contributed by atoms with van der Waals surface area (Å²) >= 11 is 0. The van der Waals surface area contributed by atoms with Crippen molar-refractivity contribution >= 4 is 19.8 Å². The van der Waals surface area contributed by atoms with Crippen molar-refractivity contribution < 1.29 is 47.8 Å². The van der Waals surface area contributed by atoms with Crippen LogP contribution in [0.2, 0.25) is 0 Å². The molecule has 3 unspecified atom stereocenters. The molecule has 0 aromatic carbocycles. The van der Waals surface area contributed by atoms with Crippen LogP contribution in [0.3, 0.4) is 0 Å². The number of aliphatic hydroxyl groups is 2.